The lowest BCUT2D eigenvalue weighted by atomic mass is 9.85. The Bertz CT molecular complexity index is 183. The molecule has 76 valence electrons. The van der Waals surface area contributed by atoms with Gasteiger partial charge in [-0.15, -0.1) is 0 Å². The highest BCUT2D eigenvalue weighted by Gasteiger charge is 2.36. The Kier molecular flexibility index (Phi) is 3.31. The fourth-order valence-electron chi connectivity index (χ4n) is 1.21. The summed E-state index contributed by atoms with van der Waals surface area (Å²) in [6.45, 7) is 8.00. The van der Waals surface area contributed by atoms with Crippen molar-refractivity contribution in [3.8, 4) is 0 Å². The van der Waals surface area contributed by atoms with Crippen molar-refractivity contribution in [2.45, 2.75) is 27.2 Å². The highest BCUT2D eigenvalue weighted by atomic mass is 16.5. The zero-order chi connectivity index (χ0) is 9.90. The summed E-state index contributed by atoms with van der Waals surface area (Å²) >= 11 is 0. The molecule has 0 bridgehead atoms. The first-order valence-electron chi connectivity index (χ1n) is 4.75. The van der Waals surface area contributed by atoms with E-state index in [0.717, 1.165) is 0 Å². The van der Waals surface area contributed by atoms with Gasteiger partial charge in [0.25, 0.3) is 0 Å². The maximum Gasteiger partial charge on any atom is 0.306 e. The maximum atomic E-state index is 11.3. The predicted molar refractivity (Wildman–Crippen MR) is 49.3 cm³/mol. The quantitative estimate of drug-likeness (QED) is 0.626. The molecule has 1 aliphatic heterocycles. The Morgan fingerprint density at radius 3 is 2.54 bits per heavy atom. The molecule has 3 nitrogen and oxygen atoms in total. The van der Waals surface area contributed by atoms with Crippen LogP contribution < -0.4 is 0 Å². The lowest BCUT2D eigenvalue weighted by Crippen LogP contribution is -2.41. The van der Waals surface area contributed by atoms with Gasteiger partial charge in [0.1, 0.15) is 0 Å². The maximum absolute atomic E-state index is 11.3. The number of hydrogen-bond donors (Lipinski definition) is 0. The Morgan fingerprint density at radius 2 is 2.15 bits per heavy atom. The molecule has 1 fully saturated rings. The molecule has 0 atom stereocenters. The van der Waals surface area contributed by atoms with Crippen molar-refractivity contribution in [1.29, 1.82) is 0 Å². The first kappa shape index (κ1) is 10.5. The minimum atomic E-state index is -0.0977. The summed E-state index contributed by atoms with van der Waals surface area (Å²) in [6, 6.07) is 0. The minimum absolute atomic E-state index is 0.0358. The van der Waals surface area contributed by atoms with Gasteiger partial charge in [-0.1, -0.05) is 20.8 Å². The van der Waals surface area contributed by atoms with E-state index < -0.39 is 0 Å². The van der Waals surface area contributed by atoms with Crippen LogP contribution in [0.25, 0.3) is 0 Å². The van der Waals surface area contributed by atoms with E-state index in [2.05, 4.69) is 0 Å². The molecule has 1 rings (SSSR count). The fourth-order valence-corrected chi connectivity index (χ4v) is 1.21. The summed E-state index contributed by atoms with van der Waals surface area (Å²) in [5.74, 6) is 0.314. The number of carbonyl (C=O) groups excluding carboxylic acids is 1. The Hall–Kier alpha value is -0.570. The van der Waals surface area contributed by atoms with Gasteiger partial charge in [-0.05, 0) is 5.92 Å². The normalized spacial score (nSPS) is 19.7. The minimum Gasteiger partial charge on any atom is -0.465 e. The van der Waals surface area contributed by atoms with Crippen molar-refractivity contribution in [3.05, 3.63) is 0 Å². The molecule has 3 heteroatoms. The van der Waals surface area contributed by atoms with E-state index in [-0.39, 0.29) is 11.4 Å². The van der Waals surface area contributed by atoms with Gasteiger partial charge in [0.05, 0.1) is 26.2 Å². The van der Waals surface area contributed by atoms with Crippen LogP contribution in [0.5, 0.6) is 0 Å². The topological polar surface area (TPSA) is 35.5 Å². The van der Waals surface area contributed by atoms with Crippen LogP contribution in [0.4, 0.5) is 0 Å². The Morgan fingerprint density at radius 1 is 1.54 bits per heavy atom. The second-order valence-corrected chi connectivity index (χ2v) is 4.56. The SMILES string of the molecule is CC(C)COC(=O)CC1(C)COC1. The first-order valence-corrected chi connectivity index (χ1v) is 4.75. The summed E-state index contributed by atoms with van der Waals surface area (Å²) in [7, 11) is 0. The van der Waals surface area contributed by atoms with Crippen LogP contribution in [0, 0.1) is 11.3 Å². The van der Waals surface area contributed by atoms with Gasteiger partial charge in [-0.3, -0.25) is 4.79 Å². The molecule has 0 aromatic carbocycles. The first-order chi connectivity index (χ1) is 6.02. The van der Waals surface area contributed by atoms with E-state index in [1.807, 2.05) is 20.8 Å². The molecule has 0 aromatic rings. The molecule has 0 unspecified atom stereocenters. The summed E-state index contributed by atoms with van der Waals surface area (Å²) in [6.07, 6.45) is 0.486. The van der Waals surface area contributed by atoms with Crippen LogP contribution in [0.1, 0.15) is 27.2 Å². The van der Waals surface area contributed by atoms with E-state index in [1.54, 1.807) is 0 Å². The van der Waals surface area contributed by atoms with Crippen molar-refractivity contribution in [2.75, 3.05) is 19.8 Å². The summed E-state index contributed by atoms with van der Waals surface area (Å²) in [5, 5.41) is 0. The van der Waals surface area contributed by atoms with Gasteiger partial charge in [0.15, 0.2) is 0 Å². The largest absolute Gasteiger partial charge is 0.465 e. The lowest BCUT2D eigenvalue weighted by Gasteiger charge is -2.37. The molecular formula is C10H18O3. The average Bonchev–Trinajstić information content (AvgIpc) is 1.98. The molecular weight excluding hydrogens is 168 g/mol. The van der Waals surface area contributed by atoms with Gasteiger partial charge in [-0.25, -0.2) is 0 Å². The Balaban J connectivity index is 2.17. The molecule has 0 N–H and O–H groups in total. The third-order valence-corrected chi connectivity index (χ3v) is 2.05. The molecule has 0 saturated carbocycles. The monoisotopic (exact) mass is 186 g/mol. The molecule has 0 amide bonds. The van der Waals surface area contributed by atoms with E-state index in [0.29, 0.717) is 32.2 Å². The number of esters is 1. The molecule has 0 radical (unpaired) electrons. The van der Waals surface area contributed by atoms with Crippen molar-refractivity contribution in [3.63, 3.8) is 0 Å². The third-order valence-electron chi connectivity index (χ3n) is 2.05. The molecule has 13 heavy (non-hydrogen) atoms. The van der Waals surface area contributed by atoms with Crippen molar-refractivity contribution in [1.82, 2.24) is 0 Å². The van der Waals surface area contributed by atoms with Gasteiger partial charge >= 0.3 is 5.97 Å². The average molecular weight is 186 g/mol. The summed E-state index contributed by atoms with van der Waals surface area (Å²) < 4.78 is 10.1. The van der Waals surface area contributed by atoms with E-state index >= 15 is 0 Å². The summed E-state index contributed by atoms with van der Waals surface area (Å²) in [5.41, 5.74) is 0.0358. The second kappa shape index (κ2) is 4.09. The van der Waals surface area contributed by atoms with E-state index in [9.17, 15) is 4.79 Å². The summed E-state index contributed by atoms with van der Waals surface area (Å²) in [4.78, 5) is 11.3. The zero-order valence-electron chi connectivity index (χ0n) is 8.63. The van der Waals surface area contributed by atoms with Crippen LogP contribution in [-0.2, 0) is 14.3 Å². The standard InChI is InChI=1S/C10H18O3/c1-8(2)5-13-9(11)4-10(3)6-12-7-10/h8H,4-7H2,1-3H3. The van der Waals surface area contributed by atoms with Gasteiger partial charge in [-0.2, -0.15) is 0 Å². The van der Waals surface area contributed by atoms with Crippen LogP contribution in [0.15, 0.2) is 0 Å². The number of ether oxygens (including phenoxy) is 2. The van der Waals surface area contributed by atoms with E-state index in [1.165, 1.54) is 0 Å². The second-order valence-electron chi connectivity index (χ2n) is 4.56. The molecule has 1 saturated heterocycles. The van der Waals surface area contributed by atoms with Crippen LogP contribution in [0.2, 0.25) is 0 Å². The number of hydrogen-bond acceptors (Lipinski definition) is 3. The van der Waals surface area contributed by atoms with Gasteiger partial charge in [0, 0.05) is 5.41 Å². The third kappa shape index (κ3) is 3.35. The smallest absolute Gasteiger partial charge is 0.306 e. The molecule has 0 spiro atoms. The van der Waals surface area contributed by atoms with E-state index in [4.69, 9.17) is 9.47 Å². The Labute approximate surface area is 79.4 Å². The number of carbonyl (C=O) groups is 1. The lowest BCUT2D eigenvalue weighted by molar-refractivity contribution is -0.159. The molecule has 1 heterocycles. The van der Waals surface area contributed by atoms with Gasteiger partial charge in [0.2, 0.25) is 0 Å². The highest BCUT2D eigenvalue weighted by molar-refractivity contribution is 5.70. The van der Waals surface area contributed by atoms with Crippen molar-refractivity contribution >= 4 is 5.97 Å². The molecule has 0 aromatic heterocycles. The highest BCUT2D eigenvalue weighted by Crippen LogP contribution is 2.30. The van der Waals surface area contributed by atoms with Crippen LogP contribution in [-0.4, -0.2) is 25.8 Å². The van der Waals surface area contributed by atoms with Crippen LogP contribution >= 0.6 is 0 Å². The van der Waals surface area contributed by atoms with Crippen molar-refractivity contribution in [2.24, 2.45) is 11.3 Å². The fraction of sp³-hybridized carbons (Fsp3) is 0.900. The predicted octanol–water partition coefficient (Wildman–Crippen LogP) is 1.61. The molecule has 0 aliphatic carbocycles. The molecule has 1 aliphatic rings. The van der Waals surface area contributed by atoms with Crippen LogP contribution in [0.3, 0.4) is 0 Å². The zero-order valence-corrected chi connectivity index (χ0v) is 8.63. The van der Waals surface area contributed by atoms with Crippen molar-refractivity contribution < 1.29 is 14.3 Å². The van der Waals surface area contributed by atoms with Gasteiger partial charge < -0.3 is 9.47 Å². The number of rotatable bonds is 4.